The lowest BCUT2D eigenvalue weighted by atomic mass is 10.1. The van der Waals surface area contributed by atoms with Crippen LogP contribution >= 0.6 is 11.6 Å². The third-order valence-corrected chi connectivity index (χ3v) is 3.81. The maximum Gasteiger partial charge on any atom is 0.231 e. The second kappa shape index (κ2) is 7.45. The molecule has 7 heteroatoms. The van der Waals surface area contributed by atoms with Crippen molar-refractivity contribution in [1.29, 1.82) is 5.26 Å². The van der Waals surface area contributed by atoms with Crippen LogP contribution in [0.1, 0.15) is 5.56 Å². The number of para-hydroxylation sites is 1. The van der Waals surface area contributed by atoms with E-state index in [0.29, 0.717) is 36.8 Å². The highest BCUT2D eigenvalue weighted by Crippen LogP contribution is 2.30. The van der Waals surface area contributed by atoms with E-state index in [1.807, 2.05) is 11.9 Å². The van der Waals surface area contributed by atoms with E-state index in [0.717, 1.165) is 5.69 Å². The molecule has 22 heavy (non-hydrogen) atoms. The van der Waals surface area contributed by atoms with Crippen molar-refractivity contribution in [3.63, 3.8) is 0 Å². The predicted molar refractivity (Wildman–Crippen MR) is 84.8 cm³/mol. The summed E-state index contributed by atoms with van der Waals surface area (Å²) in [6.45, 7) is 2.61. The Bertz CT molecular complexity index is 587. The molecule has 1 atom stereocenters. The van der Waals surface area contributed by atoms with E-state index >= 15 is 0 Å². The number of likely N-dealkylation sites (N-methyl/N-ethyl adjacent to an activating group) is 1. The number of carbonyl (C=O) groups is 1. The number of benzene rings is 1. The summed E-state index contributed by atoms with van der Waals surface area (Å²) in [4.78, 5) is 14.8. The lowest BCUT2D eigenvalue weighted by Gasteiger charge is -2.36. The molecule has 0 radical (unpaired) electrons. The number of morpholine rings is 1. The van der Waals surface area contributed by atoms with Crippen molar-refractivity contribution in [2.45, 2.75) is 6.10 Å². The molecule has 1 heterocycles. The molecular formula is C15H19ClN4O2. The molecule has 1 aromatic rings. The Labute approximate surface area is 135 Å². The number of hydrogen-bond donors (Lipinski definition) is 1. The van der Waals surface area contributed by atoms with Crippen LogP contribution < -0.4 is 10.6 Å². The Balaban J connectivity index is 2.08. The van der Waals surface area contributed by atoms with Gasteiger partial charge in [0.15, 0.2) is 0 Å². The topological polar surface area (TPSA) is 82.6 Å². The van der Waals surface area contributed by atoms with Crippen LogP contribution in [0.3, 0.4) is 0 Å². The molecule has 0 aromatic heterocycles. The Morgan fingerprint density at radius 1 is 1.64 bits per heavy atom. The lowest BCUT2D eigenvalue weighted by Crippen LogP contribution is -2.48. The van der Waals surface area contributed by atoms with Gasteiger partial charge in [-0.3, -0.25) is 9.69 Å². The maximum absolute atomic E-state index is 10.9. The van der Waals surface area contributed by atoms with Crippen LogP contribution in [0.2, 0.25) is 5.02 Å². The minimum atomic E-state index is -0.368. The standard InChI is InChI=1S/C15H19ClN4O2/c1-19(10-14(18)21)8-12-9-20(5-6-22-12)15-11(7-17)3-2-4-13(15)16/h2-4,12H,5-6,8-10H2,1H3,(H2,18,21)/t12-/m1/s1. The average molecular weight is 323 g/mol. The zero-order chi connectivity index (χ0) is 16.1. The van der Waals surface area contributed by atoms with Gasteiger partial charge < -0.3 is 15.4 Å². The van der Waals surface area contributed by atoms with E-state index < -0.39 is 0 Å². The Hall–Kier alpha value is -1.81. The minimum Gasteiger partial charge on any atom is -0.373 e. The number of ether oxygens (including phenoxy) is 1. The summed E-state index contributed by atoms with van der Waals surface area (Å²) in [7, 11) is 1.82. The molecule has 2 N–H and O–H groups in total. The number of hydrogen-bond acceptors (Lipinski definition) is 5. The van der Waals surface area contributed by atoms with Crippen LogP contribution in [0.15, 0.2) is 18.2 Å². The molecule has 0 saturated carbocycles. The lowest BCUT2D eigenvalue weighted by molar-refractivity contribution is -0.119. The number of rotatable bonds is 5. The molecule has 0 spiro atoms. The first kappa shape index (κ1) is 16.6. The van der Waals surface area contributed by atoms with Crippen LogP contribution in [-0.2, 0) is 9.53 Å². The van der Waals surface area contributed by atoms with Gasteiger partial charge in [-0.25, -0.2) is 0 Å². The van der Waals surface area contributed by atoms with Crippen molar-refractivity contribution in [2.75, 3.05) is 44.7 Å². The number of nitriles is 1. The molecule has 6 nitrogen and oxygen atoms in total. The van der Waals surface area contributed by atoms with Crippen molar-refractivity contribution in [2.24, 2.45) is 5.73 Å². The van der Waals surface area contributed by atoms with Crippen LogP contribution in [0, 0.1) is 11.3 Å². The summed E-state index contributed by atoms with van der Waals surface area (Å²) in [6, 6.07) is 7.48. The largest absolute Gasteiger partial charge is 0.373 e. The fourth-order valence-corrected chi connectivity index (χ4v) is 2.93. The molecule has 1 fully saturated rings. The summed E-state index contributed by atoms with van der Waals surface area (Å²) in [5.74, 6) is -0.368. The molecule has 0 bridgehead atoms. The number of halogens is 1. The maximum atomic E-state index is 10.9. The van der Waals surface area contributed by atoms with Gasteiger partial charge in [-0.05, 0) is 19.2 Å². The molecule has 2 rings (SSSR count). The zero-order valence-electron chi connectivity index (χ0n) is 12.5. The fraction of sp³-hybridized carbons (Fsp3) is 0.467. The van der Waals surface area contributed by atoms with E-state index in [4.69, 9.17) is 22.1 Å². The zero-order valence-corrected chi connectivity index (χ0v) is 13.2. The normalized spacial score (nSPS) is 18.3. The van der Waals surface area contributed by atoms with E-state index in [1.54, 1.807) is 18.2 Å². The van der Waals surface area contributed by atoms with E-state index in [2.05, 4.69) is 11.0 Å². The quantitative estimate of drug-likeness (QED) is 0.868. The van der Waals surface area contributed by atoms with E-state index in [-0.39, 0.29) is 18.6 Å². The second-order valence-electron chi connectivity index (χ2n) is 5.35. The molecule has 1 saturated heterocycles. The van der Waals surface area contributed by atoms with Crippen molar-refractivity contribution in [3.05, 3.63) is 28.8 Å². The highest BCUT2D eigenvalue weighted by Gasteiger charge is 2.25. The summed E-state index contributed by atoms with van der Waals surface area (Å²) >= 11 is 6.26. The SMILES string of the molecule is CN(CC(N)=O)C[C@@H]1CN(c2c(Cl)cccc2C#N)CCO1. The molecule has 0 unspecified atom stereocenters. The van der Waals surface area contributed by atoms with E-state index in [1.165, 1.54) is 0 Å². The molecule has 1 aliphatic heterocycles. The van der Waals surface area contributed by atoms with Crippen LogP contribution in [0.4, 0.5) is 5.69 Å². The van der Waals surface area contributed by atoms with Gasteiger partial charge in [-0.2, -0.15) is 5.26 Å². The second-order valence-corrected chi connectivity index (χ2v) is 5.76. The van der Waals surface area contributed by atoms with Crippen LogP contribution in [-0.4, -0.2) is 56.7 Å². The van der Waals surface area contributed by atoms with Gasteiger partial charge >= 0.3 is 0 Å². The molecule has 118 valence electrons. The number of anilines is 1. The summed E-state index contributed by atoms with van der Waals surface area (Å²) < 4.78 is 5.73. The predicted octanol–water partition coefficient (Wildman–Crippen LogP) is 0.834. The summed E-state index contributed by atoms with van der Waals surface area (Å²) in [5, 5.41) is 9.82. The molecule has 1 amide bonds. The number of nitrogens with zero attached hydrogens (tertiary/aromatic N) is 3. The van der Waals surface area contributed by atoms with Gasteiger partial charge in [-0.1, -0.05) is 17.7 Å². The molecular weight excluding hydrogens is 304 g/mol. The third kappa shape index (κ3) is 4.10. The minimum absolute atomic E-state index is 0.0686. The molecule has 1 aliphatic rings. The van der Waals surface area contributed by atoms with Gasteiger partial charge in [0.05, 0.1) is 35.5 Å². The summed E-state index contributed by atoms with van der Waals surface area (Å²) in [5.41, 5.74) is 6.49. The summed E-state index contributed by atoms with van der Waals surface area (Å²) in [6.07, 6.45) is -0.0686. The van der Waals surface area contributed by atoms with Crippen LogP contribution in [0.25, 0.3) is 0 Å². The Morgan fingerprint density at radius 3 is 3.09 bits per heavy atom. The highest BCUT2D eigenvalue weighted by atomic mass is 35.5. The van der Waals surface area contributed by atoms with Gasteiger partial charge in [0.2, 0.25) is 5.91 Å². The van der Waals surface area contributed by atoms with Gasteiger partial charge in [0.1, 0.15) is 6.07 Å². The van der Waals surface area contributed by atoms with Crippen molar-refractivity contribution in [1.82, 2.24) is 4.90 Å². The number of amides is 1. The average Bonchev–Trinajstić information content (AvgIpc) is 2.46. The first-order valence-corrected chi connectivity index (χ1v) is 7.41. The smallest absolute Gasteiger partial charge is 0.231 e. The van der Waals surface area contributed by atoms with Crippen LogP contribution in [0.5, 0.6) is 0 Å². The van der Waals surface area contributed by atoms with Crippen molar-refractivity contribution >= 4 is 23.2 Å². The molecule has 1 aromatic carbocycles. The first-order chi connectivity index (χ1) is 10.5. The first-order valence-electron chi connectivity index (χ1n) is 7.03. The third-order valence-electron chi connectivity index (χ3n) is 3.50. The Morgan fingerprint density at radius 2 is 2.41 bits per heavy atom. The van der Waals surface area contributed by atoms with Gasteiger partial charge in [0, 0.05) is 19.6 Å². The van der Waals surface area contributed by atoms with Crippen molar-refractivity contribution in [3.8, 4) is 6.07 Å². The molecule has 0 aliphatic carbocycles. The van der Waals surface area contributed by atoms with Gasteiger partial charge in [0.25, 0.3) is 0 Å². The monoisotopic (exact) mass is 322 g/mol. The number of nitrogens with two attached hydrogens (primary N) is 1. The van der Waals surface area contributed by atoms with E-state index in [9.17, 15) is 10.1 Å². The fourth-order valence-electron chi connectivity index (χ4n) is 2.64. The van der Waals surface area contributed by atoms with Gasteiger partial charge in [-0.15, -0.1) is 0 Å². The highest BCUT2D eigenvalue weighted by molar-refractivity contribution is 6.33. The van der Waals surface area contributed by atoms with Crippen molar-refractivity contribution < 1.29 is 9.53 Å². The number of carbonyl (C=O) groups excluding carboxylic acids is 1. The Kier molecular flexibility index (Phi) is 5.61. The number of primary amides is 1.